The van der Waals surface area contributed by atoms with Crippen molar-refractivity contribution in [3.8, 4) is 5.75 Å². The molecule has 0 aromatic heterocycles. The Balaban J connectivity index is 1.23. The van der Waals surface area contributed by atoms with Crippen LogP contribution in [0, 0.1) is 5.92 Å². The third-order valence-corrected chi connectivity index (χ3v) is 7.22. The number of benzene rings is 3. The second-order valence-electron chi connectivity index (χ2n) is 10.4. The van der Waals surface area contributed by atoms with E-state index in [0.717, 1.165) is 18.8 Å². The summed E-state index contributed by atoms with van der Waals surface area (Å²) in [4.78, 5) is 0. The monoisotopic (exact) mass is 513 g/mol. The van der Waals surface area contributed by atoms with Crippen molar-refractivity contribution in [1.82, 2.24) is 0 Å². The highest BCUT2D eigenvalue weighted by atomic mass is 16.7. The molecule has 1 radical (unpaired) electrons. The molecule has 0 bridgehead atoms. The van der Waals surface area contributed by atoms with Crippen LogP contribution in [0.2, 0.25) is 0 Å². The van der Waals surface area contributed by atoms with Gasteiger partial charge in [-0.25, -0.2) is 0 Å². The van der Waals surface area contributed by atoms with Gasteiger partial charge in [0.05, 0.1) is 12.5 Å². The first-order valence-corrected chi connectivity index (χ1v) is 15.2. The normalized spacial score (nSPS) is 11.2. The second kappa shape index (κ2) is 19.5. The van der Waals surface area contributed by atoms with Gasteiger partial charge in [0.1, 0.15) is 5.75 Å². The Hall–Kier alpha value is -2.58. The minimum atomic E-state index is 0.311. The van der Waals surface area contributed by atoms with E-state index in [1.54, 1.807) is 0 Å². The van der Waals surface area contributed by atoms with Crippen molar-refractivity contribution >= 4 is 0 Å². The molecule has 0 aliphatic heterocycles. The molecule has 3 aromatic rings. The lowest BCUT2D eigenvalue weighted by atomic mass is 9.85. The topological polar surface area (TPSA) is 18.5 Å². The minimum Gasteiger partial charge on any atom is -0.468 e. The molecule has 205 valence electrons. The molecule has 2 nitrogen and oxygen atoms in total. The standard InChI is InChI=1S/C36H49O2/c1-2-3-4-5-6-7-8-9-10-11-12-13-14-21-30-37-31-38-35-28-26-34(27-29-35)36(32-22-17-15-18-23-32)33-24-19-16-20-25-33/h15-20,22-29H,2-14,21,30-31H2,1H3. The van der Waals surface area contributed by atoms with E-state index in [2.05, 4.69) is 79.7 Å². The van der Waals surface area contributed by atoms with Crippen molar-refractivity contribution in [3.05, 3.63) is 108 Å². The zero-order chi connectivity index (χ0) is 26.5. The average molecular weight is 514 g/mol. The molecule has 3 aromatic carbocycles. The maximum atomic E-state index is 5.84. The summed E-state index contributed by atoms with van der Waals surface area (Å²) in [6.45, 7) is 3.37. The zero-order valence-electron chi connectivity index (χ0n) is 23.7. The summed E-state index contributed by atoms with van der Waals surface area (Å²) in [5, 5.41) is 0. The van der Waals surface area contributed by atoms with Crippen molar-refractivity contribution in [2.24, 2.45) is 0 Å². The molecule has 0 atom stereocenters. The lowest BCUT2D eigenvalue weighted by Crippen LogP contribution is -2.06. The van der Waals surface area contributed by atoms with Gasteiger partial charge >= 0.3 is 0 Å². The third kappa shape index (κ3) is 11.9. The van der Waals surface area contributed by atoms with E-state index in [1.807, 2.05) is 12.1 Å². The summed E-state index contributed by atoms with van der Waals surface area (Å²) in [6.07, 6.45) is 19.2. The van der Waals surface area contributed by atoms with E-state index in [0.29, 0.717) is 6.79 Å². The molecular weight excluding hydrogens is 464 g/mol. The molecule has 0 unspecified atom stereocenters. The predicted molar refractivity (Wildman–Crippen MR) is 162 cm³/mol. The number of ether oxygens (including phenoxy) is 2. The third-order valence-electron chi connectivity index (χ3n) is 7.22. The summed E-state index contributed by atoms with van der Waals surface area (Å²) in [7, 11) is 0. The van der Waals surface area contributed by atoms with Gasteiger partial charge in [0, 0.05) is 0 Å². The van der Waals surface area contributed by atoms with E-state index < -0.39 is 0 Å². The van der Waals surface area contributed by atoms with Gasteiger partial charge in [0.25, 0.3) is 0 Å². The van der Waals surface area contributed by atoms with Gasteiger partial charge in [0.2, 0.25) is 0 Å². The molecule has 0 heterocycles. The summed E-state index contributed by atoms with van der Waals surface area (Å²) >= 11 is 0. The quantitative estimate of drug-likeness (QED) is 0.0801. The van der Waals surface area contributed by atoms with Crippen LogP contribution in [0.5, 0.6) is 5.75 Å². The number of rotatable bonds is 21. The Morgan fingerprint density at radius 3 is 1.37 bits per heavy atom. The molecule has 0 saturated carbocycles. The highest BCUT2D eigenvalue weighted by Crippen LogP contribution is 2.31. The van der Waals surface area contributed by atoms with Crippen LogP contribution in [0.25, 0.3) is 0 Å². The SMILES string of the molecule is CCCCCCCCCCCCCCCCOCOc1ccc([C](c2ccccc2)c2ccccc2)cc1. The molecule has 3 rings (SSSR count). The van der Waals surface area contributed by atoms with Crippen molar-refractivity contribution < 1.29 is 9.47 Å². The molecule has 0 spiro atoms. The van der Waals surface area contributed by atoms with E-state index in [-0.39, 0.29) is 0 Å². The lowest BCUT2D eigenvalue weighted by molar-refractivity contribution is 0.0135. The van der Waals surface area contributed by atoms with Crippen LogP contribution in [0.15, 0.2) is 84.9 Å². The van der Waals surface area contributed by atoms with Crippen LogP contribution < -0.4 is 4.74 Å². The fraction of sp³-hybridized carbons (Fsp3) is 0.472. The van der Waals surface area contributed by atoms with Crippen LogP contribution in [0.1, 0.15) is 114 Å². The number of unbranched alkanes of at least 4 members (excludes halogenated alkanes) is 13. The van der Waals surface area contributed by atoms with Gasteiger partial charge in [-0.1, -0.05) is 163 Å². The molecular formula is C36H49O2. The average Bonchev–Trinajstić information content (AvgIpc) is 2.97. The second-order valence-corrected chi connectivity index (χ2v) is 10.4. The van der Waals surface area contributed by atoms with Crippen LogP contribution in [-0.2, 0) is 4.74 Å². The molecule has 38 heavy (non-hydrogen) atoms. The Morgan fingerprint density at radius 1 is 0.474 bits per heavy atom. The van der Waals surface area contributed by atoms with Crippen molar-refractivity contribution in [2.45, 2.75) is 96.8 Å². The van der Waals surface area contributed by atoms with Gasteiger partial charge in [-0.15, -0.1) is 0 Å². The summed E-state index contributed by atoms with van der Waals surface area (Å²) < 4.78 is 11.6. The molecule has 0 saturated heterocycles. The van der Waals surface area contributed by atoms with E-state index in [4.69, 9.17) is 9.47 Å². The molecule has 0 N–H and O–H groups in total. The largest absolute Gasteiger partial charge is 0.468 e. The highest BCUT2D eigenvalue weighted by molar-refractivity contribution is 5.57. The minimum absolute atomic E-state index is 0.311. The molecule has 0 aliphatic carbocycles. The van der Waals surface area contributed by atoms with Crippen molar-refractivity contribution in [2.75, 3.05) is 13.4 Å². The number of hydrogen-bond donors (Lipinski definition) is 0. The van der Waals surface area contributed by atoms with E-state index in [9.17, 15) is 0 Å². The Kier molecular flexibility index (Phi) is 15.4. The summed E-state index contributed by atoms with van der Waals surface area (Å²) in [5.74, 6) is 2.07. The van der Waals surface area contributed by atoms with Crippen LogP contribution >= 0.6 is 0 Å². The van der Waals surface area contributed by atoms with E-state index >= 15 is 0 Å². The van der Waals surface area contributed by atoms with Gasteiger partial charge in [-0.2, -0.15) is 0 Å². The van der Waals surface area contributed by atoms with Crippen LogP contribution in [0.3, 0.4) is 0 Å². The maximum absolute atomic E-state index is 5.84. The first-order valence-electron chi connectivity index (χ1n) is 15.2. The van der Waals surface area contributed by atoms with Crippen LogP contribution in [0.4, 0.5) is 0 Å². The lowest BCUT2D eigenvalue weighted by Gasteiger charge is -2.18. The van der Waals surface area contributed by atoms with Gasteiger partial charge < -0.3 is 9.47 Å². The molecule has 0 amide bonds. The molecule has 2 heteroatoms. The predicted octanol–water partition coefficient (Wildman–Crippen LogP) is 10.5. The Labute approximate surface area is 232 Å². The van der Waals surface area contributed by atoms with Crippen molar-refractivity contribution in [3.63, 3.8) is 0 Å². The summed E-state index contributed by atoms with van der Waals surface area (Å²) in [6, 6.07) is 29.5. The molecule has 0 aliphatic rings. The Morgan fingerprint density at radius 2 is 0.895 bits per heavy atom. The first-order chi connectivity index (χ1) is 18.9. The Bertz CT molecular complexity index is 897. The summed E-state index contributed by atoms with van der Waals surface area (Å²) in [5.41, 5.74) is 3.60. The first kappa shape index (κ1) is 30.0. The smallest absolute Gasteiger partial charge is 0.189 e. The van der Waals surface area contributed by atoms with Gasteiger partial charge in [0.15, 0.2) is 6.79 Å². The van der Waals surface area contributed by atoms with Crippen LogP contribution in [-0.4, -0.2) is 13.4 Å². The van der Waals surface area contributed by atoms with E-state index in [1.165, 1.54) is 106 Å². The zero-order valence-corrected chi connectivity index (χ0v) is 23.7. The molecule has 0 fully saturated rings. The van der Waals surface area contributed by atoms with Gasteiger partial charge in [-0.3, -0.25) is 0 Å². The number of hydrogen-bond acceptors (Lipinski definition) is 2. The maximum Gasteiger partial charge on any atom is 0.189 e. The fourth-order valence-corrected chi connectivity index (χ4v) is 4.99. The highest BCUT2D eigenvalue weighted by Gasteiger charge is 2.17. The van der Waals surface area contributed by atoms with Gasteiger partial charge in [-0.05, 0) is 35.2 Å². The fourth-order valence-electron chi connectivity index (χ4n) is 4.99. The van der Waals surface area contributed by atoms with Crippen molar-refractivity contribution in [1.29, 1.82) is 0 Å².